The largest absolute Gasteiger partial charge is 0.454 e. The number of hydrogen-bond acceptors (Lipinski definition) is 7. The minimum atomic E-state index is -0.546. The highest BCUT2D eigenvalue weighted by molar-refractivity contribution is 7.13. The zero-order valence-corrected chi connectivity index (χ0v) is 17.5. The minimum Gasteiger partial charge on any atom is -0.454 e. The van der Waals surface area contributed by atoms with Gasteiger partial charge in [0.05, 0.1) is 5.69 Å². The first kappa shape index (κ1) is 19.9. The van der Waals surface area contributed by atoms with Gasteiger partial charge in [-0.15, -0.1) is 16.4 Å². The molecule has 0 bridgehead atoms. The van der Waals surface area contributed by atoms with Crippen molar-refractivity contribution in [3.63, 3.8) is 0 Å². The Hall–Kier alpha value is -3.36. The Morgan fingerprint density at radius 1 is 1.17 bits per heavy atom. The number of carbonyl (C=O) groups is 1. The number of hydrogen-bond donors (Lipinski definition) is 0. The Balaban J connectivity index is 1.52. The monoisotopic (exact) mass is 437 g/mol. The third-order valence-corrected chi connectivity index (χ3v) is 5.35. The molecule has 0 fully saturated rings. The number of benzene rings is 2. The SMILES string of the molecule is Cc1nnnn1/C(=C\c1ccccc1)C(=O)OCc1csc(-c2ccc(Cl)cc2)n1. The van der Waals surface area contributed by atoms with E-state index in [0.717, 1.165) is 16.1 Å². The molecule has 0 saturated carbocycles. The molecule has 150 valence electrons. The van der Waals surface area contributed by atoms with Crippen LogP contribution in [0, 0.1) is 6.92 Å². The van der Waals surface area contributed by atoms with Crippen molar-refractivity contribution in [1.82, 2.24) is 25.2 Å². The Morgan fingerprint density at radius 3 is 2.63 bits per heavy atom. The van der Waals surface area contributed by atoms with Crippen LogP contribution in [0.2, 0.25) is 5.02 Å². The summed E-state index contributed by atoms with van der Waals surface area (Å²) in [7, 11) is 0. The molecule has 4 rings (SSSR count). The van der Waals surface area contributed by atoms with Gasteiger partial charge >= 0.3 is 5.97 Å². The molecule has 2 aromatic carbocycles. The Kier molecular flexibility index (Phi) is 5.97. The van der Waals surface area contributed by atoms with E-state index in [1.807, 2.05) is 60.0 Å². The lowest BCUT2D eigenvalue weighted by molar-refractivity contribution is -0.138. The van der Waals surface area contributed by atoms with Crippen molar-refractivity contribution in [2.75, 3.05) is 0 Å². The summed E-state index contributed by atoms with van der Waals surface area (Å²) in [6.07, 6.45) is 1.69. The molecular formula is C21H16ClN5O2S. The van der Waals surface area contributed by atoms with Crippen LogP contribution < -0.4 is 0 Å². The number of halogens is 1. The topological polar surface area (TPSA) is 82.8 Å². The molecule has 30 heavy (non-hydrogen) atoms. The zero-order valence-electron chi connectivity index (χ0n) is 15.9. The van der Waals surface area contributed by atoms with E-state index in [1.54, 1.807) is 13.0 Å². The first-order valence-corrected chi connectivity index (χ1v) is 10.3. The normalized spacial score (nSPS) is 11.5. The van der Waals surface area contributed by atoms with E-state index in [2.05, 4.69) is 20.5 Å². The molecular weight excluding hydrogens is 422 g/mol. The second-order valence-electron chi connectivity index (χ2n) is 6.31. The molecule has 0 saturated heterocycles. The van der Waals surface area contributed by atoms with E-state index >= 15 is 0 Å². The van der Waals surface area contributed by atoms with Crippen LogP contribution in [0.3, 0.4) is 0 Å². The molecule has 0 aliphatic carbocycles. The fraction of sp³-hybridized carbons (Fsp3) is 0.0952. The number of aryl methyl sites for hydroxylation is 1. The molecule has 0 spiro atoms. The Morgan fingerprint density at radius 2 is 1.93 bits per heavy atom. The van der Waals surface area contributed by atoms with Crippen molar-refractivity contribution < 1.29 is 9.53 Å². The highest BCUT2D eigenvalue weighted by Crippen LogP contribution is 2.25. The number of tetrazole rings is 1. The molecule has 0 aliphatic heterocycles. The van der Waals surface area contributed by atoms with E-state index in [0.29, 0.717) is 16.5 Å². The summed E-state index contributed by atoms with van der Waals surface area (Å²) in [6.45, 7) is 1.75. The molecule has 0 amide bonds. The summed E-state index contributed by atoms with van der Waals surface area (Å²) in [4.78, 5) is 17.4. The number of nitrogens with zero attached hydrogens (tertiary/aromatic N) is 5. The maximum Gasteiger partial charge on any atom is 0.357 e. The van der Waals surface area contributed by atoms with Crippen molar-refractivity contribution in [2.24, 2.45) is 0 Å². The van der Waals surface area contributed by atoms with Crippen LogP contribution in [-0.4, -0.2) is 31.2 Å². The standard InChI is InChI=1S/C21H16ClN5O2S/c1-14-24-25-26-27(14)19(11-15-5-3-2-4-6-15)21(28)29-12-18-13-30-20(23-18)16-7-9-17(22)10-8-16/h2-11,13H,12H2,1H3/b19-11-. The molecule has 4 aromatic rings. The van der Waals surface area contributed by atoms with Crippen LogP contribution in [0.1, 0.15) is 17.1 Å². The molecule has 2 aromatic heterocycles. The van der Waals surface area contributed by atoms with Gasteiger partial charge < -0.3 is 4.74 Å². The molecule has 0 aliphatic rings. The summed E-state index contributed by atoms with van der Waals surface area (Å²) in [5, 5.41) is 14.7. The van der Waals surface area contributed by atoms with E-state index in [-0.39, 0.29) is 12.3 Å². The van der Waals surface area contributed by atoms with Crippen molar-refractivity contribution >= 4 is 40.7 Å². The predicted molar refractivity (Wildman–Crippen MR) is 116 cm³/mol. The van der Waals surface area contributed by atoms with Crippen LogP contribution in [0.5, 0.6) is 0 Å². The average molecular weight is 438 g/mol. The lowest BCUT2D eigenvalue weighted by Crippen LogP contribution is -2.15. The highest BCUT2D eigenvalue weighted by atomic mass is 35.5. The van der Waals surface area contributed by atoms with Gasteiger partial charge in [-0.2, -0.15) is 4.68 Å². The fourth-order valence-electron chi connectivity index (χ4n) is 2.68. The third-order valence-electron chi connectivity index (χ3n) is 4.16. The first-order valence-electron chi connectivity index (χ1n) is 9.00. The van der Waals surface area contributed by atoms with E-state index in [9.17, 15) is 4.79 Å². The van der Waals surface area contributed by atoms with E-state index in [4.69, 9.17) is 16.3 Å². The molecule has 0 radical (unpaired) electrons. The summed E-state index contributed by atoms with van der Waals surface area (Å²) in [6, 6.07) is 16.9. The average Bonchev–Trinajstić information content (AvgIpc) is 3.41. The van der Waals surface area contributed by atoms with Gasteiger partial charge in [-0.05, 0) is 41.1 Å². The summed E-state index contributed by atoms with van der Waals surface area (Å²) in [5.41, 5.74) is 2.66. The van der Waals surface area contributed by atoms with E-state index in [1.165, 1.54) is 16.0 Å². The van der Waals surface area contributed by atoms with Gasteiger partial charge in [0.15, 0.2) is 11.5 Å². The van der Waals surface area contributed by atoms with Gasteiger partial charge in [0.25, 0.3) is 0 Å². The Labute approximate surface area is 181 Å². The Bertz CT molecular complexity index is 1190. The van der Waals surface area contributed by atoms with Gasteiger partial charge in [-0.1, -0.05) is 54.1 Å². The van der Waals surface area contributed by atoms with Gasteiger partial charge in [-0.25, -0.2) is 9.78 Å². The first-order chi connectivity index (χ1) is 14.6. The van der Waals surface area contributed by atoms with Crippen molar-refractivity contribution in [1.29, 1.82) is 0 Å². The maximum atomic E-state index is 12.8. The molecule has 9 heteroatoms. The van der Waals surface area contributed by atoms with Gasteiger partial charge in [0.2, 0.25) is 0 Å². The van der Waals surface area contributed by atoms with E-state index < -0.39 is 5.97 Å². The van der Waals surface area contributed by atoms with Crippen LogP contribution in [0.25, 0.3) is 22.3 Å². The van der Waals surface area contributed by atoms with Gasteiger partial charge in [-0.3, -0.25) is 0 Å². The molecule has 7 nitrogen and oxygen atoms in total. The zero-order chi connectivity index (χ0) is 20.9. The summed E-state index contributed by atoms with van der Waals surface area (Å²) >= 11 is 7.41. The summed E-state index contributed by atoms with van der Waals surface area (Å²) < 4.78 is 6.87. The number of rotatable bonds is 6. The molecule has 0 N–H and O–H groups in total. The lowest BCUT2D eigenvalue weighted by Gasteiger charge is -2.08. The second kappa shape index (κ2) is 8.98. The van der Waals surface area contributed by atoms with Crippen LogP contribution >= 0.6 is 22.9 Å². The number of carbonyl (C=O) groups excluding carboxylic acids is 1. The molecule has 0 unspecified atom stereocenters. The number of aromatic nitrogens is 5. The summed E-state index contributed by atoms with van der Waals surface area (Å²) in [5.74, 6) is -0.0666. The fourth-order valence-corrected chi connectivity index (χ4v) is 3.62. The van der Waals surface area contributed by atoms with Crippen molar-refractivity contribution in [3.05, 3.63) is 82.1 Å². The van der Waals surface area contributed by atoms with Crippen LogP contribution in [0.15, 0.2) is 60.0 Å². The number of esters is 1. The molecule has 0 atom stereocenters. The number of thiazole rings is 1. The maximum absolute atomic E-state index is 12.8. The van der Waals surface area contributed by atoms with Gasteiger partial charge in [0.1, 0.15) is 11.6 Å². The predicted octanol–water partition coefficient (Wildman–Crippen LogP) is 4.50. The van der Waals surface area contributed by atoms with Crippen LogP contribution in [0.4, 0.5) is 0 Å². The smallest absolute Gasteiger partial charge is 0.357 e. The quantitative estimate of drug-likeness (QED) is 0.326. The highest BCUT2D eigenvalue weighted by Gasteiger charge is 2.18. The van der Waals surface area contributed by atoms with Crippen molar-refractivity contribution in [2.45, 2.75) is 13.5 Å². The molecule has 2 heterocycles. The number of ether oxygens (including phenoxy) is 1. The van der Waals surface area contributed by atoms with Gasteiger partial charge in [0, 0.05) is 16.0 Å². The lowest BCUT2D eigenvalue weighted by atomic mass is 10.2. The third kappa shape index (κ3) is 4.61. The second-order valence-corrected chi connectivity index (χ2v) is 7.60. The minimum absolute atomic E-state index is 0.0379. The van der Waals surface area contributed by atoms with Crippen LogP contribution in [-0.2, 0) is 16.1 Å². The van der Waals surface area contributed by atoms with Crippen molar-refractivity contribution in [3.8, 4) is 10.6 Å².